The lowest BCUT2D eigenvalue weighted by Gasteiger charge is -2.19. The van der Waals surface area contributed by atoms with Gasteiger partial charge < -0.3 is 19.4 Å². The Hall–Kier alpha value is -2.76. The fourth-order valence-electron chi connectivity index (χ4n) is 3.16. The van der Waals surface area contributed by atoms with Gasteiger partial charge in [0.2, 0.25) is 11.8 Å². The molecule has 0 bridgehead atoms. The summed E-state index contributed by atoms with van der Waals surface area (Å²) in [6.45, 7) is 2.36. The number of ether oxygens (including phenoxy) is 1. The van der Waals surface area contributed by atoms with Crippen molar-refractivity contribution in [2.24, 2.45) is 5.92 Å². The van der Waals surface area contributed by atoms with Gasteiger partial charge in [-0.1, -0.05) is 6.07 Å². The van der Waals surface area contributed by atoms with Crippen molar-refractivity contribution in [3.8, 4) is 5.75 Å². The Balaban J connectivity index is 1.54. The molecule has 1 N–H and O–H groups in total. The Kier molecular flexibility index (Phi) is 5.61. The van der Waals surface area contributed by atoms with E-state index in [1.54, 1.807) is 18.3 Å². The molecule has 2 aromatic rings. The summed E-state index contributed by atoms with van der Waals surface area (Å²) in [6.07, 6.45) is 3.44. The molecule has 6 nitrogen and oxygen atoms in total. The second kappa shape index (κ2) is 8.08. The van der Waals surface area contributed by atoms with Crippen molar-refractivity contribution < 1.29 is 18.7 Å². The number of methoxy groups -OCH3 is 1. The van der Waals surface area contributed by atoms with E-state index in [0.717, 1.165) is 24.3 Å². The van der Waals surface area contributed by atoms with Gasteiger partial charge in [-0.2, -0.15) is 0 Å². The molecule has 1 aliphatic heterocycles. The molecule has 2 heterocycles. The zero-order valence-corrected chi connectivity index (χ0v) is 15.1. The predicted octanol–water partition coefficient (Wildman–Crippen LogP) is 2.78. The number of benzene rings is 1. The van der Waals surface area contributed by atoms with Crippen LogP contribution in [0.5, 0.6) is 5.75 Å². The van der Waals surface area contributed by atoms with Crippen LogP contribution in [0.25, 0.3) is 0 Å². The molecule has 1 fully saturated rings. The Morgan fingerprint density at radius 1 is 1.38 bits per heavy atom. The first-order valence-electron chi connectivity index (χ1n) is 8.84. The summed E-state index contributed by atoms with van der Waals surface area (Å²) in [5.41, 5.74) is 0.760. The third kappa shape index (κ3) is 4.25. The van der Waals surface area contributed by atoms with E-state index in [9.17, 15) is 9.59 Å². The van der Waals surface area contributed by atoms with Crippen LogP contribution in [0.1, 0.15) is 25.5 Å². The number of anilines is 1. The van der Waals surface area contributed by atoms with E-state index in [1.807, 2.05) is 43.3 Å². The second-order valence-corrected chi connectivity index (χ2v) is 6.63. The Morgan fingerprint density at radius 3 is 2.96 bits per heavy atom. The van der Waals surface area contributed by atoms with Crippen molar-refractivity contribution in [3.05, 3.63) is 48.4 Å². The standard InChI is InChI=1S/C20H24N2O4/c1-14(8-9-17-7-4-10-26-17)21-20(24)15-11-19(23)22(13-15)16-5-3-6-18(12-16)25-2/h3-7,10,12,14-15H,8-9,11,13H2,1-2H3,(H,21,24). The second-order valence-electron chi connectivity index (χ2n) is 6.63. The third-order valence-corrected chi connectivity index (χ3v) is 4.65. The van der Waals surface area contributed by atoms with E-state index in [2.05, 4.69) is 5.32 Å². The molecule has 3 rings (SSSR count). The molecule has 2 amide bonds. The molecule has 6 heteroatoms. The largest absolute Gasteiger partial charge is 0.497 e. The minimum Gasteiger partial charge on any atom is -0.497 e. The fourth-order valence-corrected chi connectivity index (χ4v) is 3.16. The number of aryl methyl sites for hydroxylation is 1. The Labute approximate surface area is 153 Å². The van der Waals surface area contributed by atoms with Crippen molar-refractivity contribution in [2.75, 3.05) is 18.6 Å². The molecule has 0 aliphatic carbocycles. The quantitative estimate of drug-likeness (QED) is 0.828. The minimum atomic E-state index is -0.334. The molecule has 26 heavy (non-hydrogen) atoms. The van der Waals surface area contributed by atoms with Gasteiger partial charge in [0.25, 0.3) is 0 Å². The van der Waals surface area contributed by atoms with Gasteiger partial charge >= 0.3 is 0 Å². The van der Waals surface area contributed by atoms with E-state index in [1.165, 1.54) is 0 Å². The van der Waals surface area contributed by atoms with Crippen LogP contribution in [-0.4, -0.2) is 31.5 Å². The Morgan fingerprint density at radius 2 is 2.23 bits per heavy atom. The highest BCUT2D eigenvalue weighted by atomic mass is 16.5. The van der Waals surface area contributed by atoms with Gasteiger partial charge in [-0.3, -0.25) is 9.59 Å². The lowest BCUT2D eigenvalue weighted by Crippen LogP contribution is -2.38. The predicted molar refractivity (Wildman–Crippen MR) is 98.1 cm³/mol. The summed E-state index contributed by atoms with van der Waals surface area (Å²) in [7, 11) is 1.59. The third-order valence-electron chi connectivity index (χ3n) is 4.65. The lowest BCUT2D eigenvalue weighted by atomic mass is 10.1. The summed E-state index contributed by atoms with van der Waals surface area (Å²) < 4.78 is 10.5. The van der Waals surface area contributed by atoms with Gasteiger partial charge in [0, 0.05) is 37.2 Å². The molecular weight excluding hydrogens is 332 g/mol. The molecule has 1 aromatic carbocycles. The van der Waals surface area contributed by atoms with E-state index in [0.29, 0.717) is 12.3 Å². The van der Waals surface area contributed by atoms with Crippen LogP contribution >= 0.6 is 0 Å². The number of nitrogens with one attached hydrogen (secondary N) is 1. The van der Waals surface area contributed by atoms with Crippen LogP contribution in [0.2, 0.25) is 0 Å². The van der Waals surface area contributed by atoms with E-state index >= 15 is 0 Å². The maximum Gasteiger partial charge on any atom is 0.227 e. The zero-order chi connectivity index (χ0) is 18.5. The number of nitrogens with zero attached hydrogens (tertiary/aromatic N) is 1. The van der Waals surface area contributed by atoms with Gasteiger partial charge in [0.05, 0.1) is 19.3 Å². The molecule has 0 saturated carbocycles. The molecule has 2 unspecified atom stereocenters. The topological polar surface area (TPSA) is 71.8 Å². The summed E-state index contributed by atoms with van der Waals surface area (Å²) in [5.74, 6) is 1.15. The molecule has 1 aliphatic rings. The number of carbonyl (C=O) groups is 2. The normalized spacial score (nSPS) is 18.0. The summed E-state index contributed by atoms with van der Waals surface area (Å²) in [5, 5.41) is 3.02. The molecule has 2 atom stereocenters. The van der Waals surface area contributed by atoms with Crippen LogP contribution in [0.4, 0.5) is 5.69 Å². The number of furan rings is 1. The number of carbonyl (C=O) groups excluding carboxylic acids is 2. The van der Waals surface area contributed by atoms with Crippen molar-refractivity contribution in [1.29, 1.82) is 0 Å². The highest BCUT2D eigenvalue weighted by Crippen LogP contribution is 2.28. The summed E-state index contributed by atoms with van der Waals surface area (Å²) in [4.78, 5) is 26.5. The first-order chi connectivity index (χ1) is 12.6. The first-order valence-corrected chi connectivity index (χ1v) is 8.84. The molecule has 0 spiro atoms. The van der Waals surface area contributed by atoms with E-state index in [4.69, 9.17) is 9.15 Å². The SMILES string of the molecule is COc1cccc(N2CC(C(=O)NC(C)CCc3ccco3)CC2=O)c1. The number of rotatable bonds is 7. The van der Waals surface area contributed by atoms with Gasteiger partial charge in [0.1, 0.15) is 11.5 Å². The number of amides is 2. The smallest absolute Gasteiger partial charge is 0.227 e. The number of hydrogen-bond donors (Lipinski definition) is 1. The maximum atomic E-state index is 12.5. The first kappa shape index (κ1) is 18.0. The van der Waals surface area contributed by atoms with Crippen molar-refractivity contribution in [2.45, 2.75) is 32.2 Å². The van der Waals surface area contributed by atoms with Crippen molar-refractivity contribution in [3.63, 3.8) is 0 Å². The van der Waals surface area contributed by atoms with Gasteiger partial charge in [-0.05, 0) is 37.6 Å². The summed E-state index contributed by atoms with van der Waals surface area (Å²) >= 11 is 0. The minimum absolute atomic E-state index is 0.0218. The summed E-state index contributed by atoms with van der Waals surface area (Å²) in [6, 6.07) is 11.1. The Bertz CT molecular complexity index is 757. The fraction of sp³-hybridized carbons (Fsp3) is 0.400. The van der Waals surface area contributed by atoms with Crippen LogP contribution in [0, 0.1) is 5.92 Å². The molecule has 1 aromatic heterocycles. The number of hydrogen-bond acceptors (Lipinski definition) is 4. The molecule has 0 radical (unpaired) electrons. The van der Waals surface area contributed by atoms with Gasteiger partial charge in [-0.15, -0.1) is 0 Å². The zero-order valence-electron chi connectivity index (χ0n) is 15.1. The van der Waals surface area contributed by atoms with E-state index in [-0.39, 0.29) is 30.2 Å². The van der Waals surface area contributed by atoms with Crippen LogP contribution in [0.3, 0.4) is 0 Å². The van der Waals surface area contributed by atoms with E-state index < -0.39 is 0 Å². The van der Waals surface area contributed by atoms with Crippen molar-refractivity contribution >= 4 is 17.5 Å². The van der Waals surface area contributed by atoms with Crippen LogP contribution in [-0.2, 0) is 16.0 Å². The average Bonchev–Trinajstić information content (AvgIpc) is 3.29. The maximum absolute atomic E-state index is 12.5. The van der Waals surface area contributed by atoms with Crippen LogP contribution in [0.15, 0.2) is 47.1 Å². The highest BCUT2D eigenvalue weighted by molar-refractivity contribution is 6.00. The lowest BCUT2D eigenvalue weighted by molar-refractivity contribution is -0.126. The molecule has 138 valence electrons. The van der Waals surface area contributed by atoms with Crippen LogP contribution < -0.4 is 15.0 Å². The van der Waals surface area contributed by atoms with Crippen molar-refractivity contribution in [1.82, 2.24) is 5.32 Å². The highest BCUT2D eigenvalue weighted by Gasteiger charge is 2.35. The average molecular weight is 356 g/mol. The molecule has 1 saturated heterocycles. The molecular formula is C20H24N2O4. The van der Waals surface area contributed by atoms with Gasteiger partial charge in [0.15, 0.2) is 0 Å². The van der Waals surface area contributed by atoms with Gasteiger partial charge in [-0.25, -0.2) is 0 Å². The monoisotopic (exact) mass is 356 g/mol.